The number of carbonyl (C=O) groups excluding carboxylic acids is 1. The summed E-state index contributed by atoms with van der Waals surface area (Å²) in [7, 11) is 1.43. The maximum absolute atomic E-state index is 14.3. The molecule has 1 unspecified atom stereocenters. The average molecular weight is 535 g/mol. The van der Waals surface area contributed by atoms with E-state index in [1.165, 1.54) is 24.5 Å². The lowest BCUT2D eigenvalue weighted by molar-refractivity contribution is -0.112. The van der Waals surface area contributed by atoms with Crippen molar-refractivity contribution in [1.29, 1.82) is 0 Å². The number of carbonyl (C=O) groups is 1. The van der Waals surface area contributed by atoms with Crippen LogP contribution in [0.5, 0.6) is 5.75 Å². The van der Waals surface area contributed by atoms with Crippen molar-refractivity contribution < 1.29 is 13.9 Å². The van der Waals surface area contributed by atoms with Gasteiger partial charge in [-0.05, 0) is 28.8 Å². The Morgan fingerprint density at radius 2 is 2.20 bits per heavy atom. The number of methoxy groups -OCH3 is 1. The van der Waals surface area contributed by atoms with Crippen molar-refractivity contribution in [1.82, 2.24) is 10.2 Å². The summed E-state index contributed by atoms with van der Waals surface area (Å²) in [5.41, 5.74) is 1.69. The van der Waals surface area contributed by atoms with Gasteiger partial charge < -0.3 is 4.74 Å². The SMILES string of the molecule is COc1c(F)cccc1C1=C(C(=O)Nc2nnc(C#CC3CC3)s2)C=CC(C)I=C1. The standard InChI is InChI=1S/C22H19FIN3O2S/c1-13-6-10-16(17(12-24-13)15-4-3-5-18(23)20(15)29-2)21(28)25-22-27-26-19(30-22)11-9-14-7-8-14/h3-6,10,12-14H,7-8H2,1-2H3,(H,25,27,28). The molecule has 1 saturated carbocycles. The second kappa shape index (κ2) is 9.18. The third-order valence-corrected chi connectivity index (χ3v) is 7.79. The lowest BCUT2D eigenvalue weighted by Crippen LogP contribution is -2.15. The van der Waals surface area contributed by atoms with Crippen molar-refractivity contribution in [2.45, 2.75) is 23.7 Å². The van der Waals surface area contributed by atoms with Gasteiger partial charge in [-0.2, -0.15) is 0 Å². The molecule has 5 nitrogen and oxygen atoms in total. The second-order valence-electron chi connectivity index (χ2n) is 6.83. The molecule has 0 saturated heterocycles. The summed E-state index contributed by atoms with van der Waals surface area (Å²) in [6, 6.07) is 4.73. The number of hydrogen-bond donors (Lipinski definition) is 1. The van der Waals surface area contributed by atoms with Gasteiger partial charge in [-0.3, -0.25) is 10.1 Å². The number of alkyl halides is 1. The summed E-state index contributed by atoms with van der Waals surface area (Å²) in [6.45, 7) is 2.11. The Morgan fingerprint density at radius 1 is 1.37 bits per heavy atom. The molecule has 0 radical (unpaired) electrons. The maximum atomic E-state index is 14.3. The Hall–Kier alpha value is -2.38. The Labute approximate surface area is 188 Å². The van der Waals surface area contributed by atoms with E-state index in [0.717, 1.165) is 12.8 Å². The molecule has 1 aromatic carbocycles. The zero-order valence-corrected chi connectivity index (χ0v) is 19.4. The topological polar surface area (TPSA) is 64.1 Å². The molecule has 1 amide bonds. The van der Waals surface area contributed by atoms with Crippen LogP contribution < -0.4 is 10.1 Å². The molecule has 0 spiro atoms. The smallest absolute Gasteiger partial charge is 0.258 e. The van der Waals surface area contributed by atoms with E-state index in [1.807, 2.05) is 6.08 Å². The van der Waals surface area contributed by atoms with Crippen LogP contribution in [0.15, 0.2) is 35.9 Å². The third-order valence-electron chi connectivity index (χ3n) is 4.50. The van der Waals surface area contributed by atoms with Crippen molar-refractivity contribution >= 4 is 52.7 Å². The van der Waals surface area contributed by atoms with Crippen LogP contribution in [0.2, 0.25) is 0 Å². The van der Waals surface area contributed by atoms with Crippen LogP contribution in [0.3, 0.4) is 0 Å². The molecule has 1 aromatic heterocycles. The van der Waals surface area contributed by atoms with E-state index in [9.17, 15) is 9.18 Å². The number of anilines is 1. The Balaban J connectivity index is 1.67. The van der Waals surface area contributed by atoms with Crippen LogP contribution in [0.25, 0.3) is 5.57 Å². The minimum Gasteiger partial charge on any atom is -0.493 e. The van der Waals surface area contributed by atoms with Crippen LogP contribution in [0, 0.1) is 23.6 Å². The molecule has 4 rings (SSSR count). The average Bonchev–Trinajstić information content (AvgIpc) is 3.49. The summed E-state index contributed by atoms with van der Waals surface area (Å²) >= 11 is 0.890. The molecule has 1 atom stereocenters. The van der Waals surface area contributed by atoms with Crippen LogP contribution in [0.4, 0.5) is 9.52 Å². The normalized spacial score (nSPS) is 18.2. The second-order valence-corrected chi connectivity index (χ2v) is 11.1. The van der Waals surface area contributed by atoms with Gasteiger partial charge in [0.25, 0.3) is 5.91 Å². The number of aromatic nitrogens is 2. The van der Waals surface area contributed by atoms with Gasteiger partial charge in [-0.25, -0.2) is 4.39 Å². The molecule has 2 aliphatic rings. The summed E-state index contributed by atoms with van der Waals surface area (Å²) in [5, 5.41) is 11.9. The fourth-order valence-corrected chi connectivity index (χ4v) is 5.44. The Kier molecular flexibility index (Phi) is 6.39. The monoisotopic (exact) mass is 535 g/mol. The van der Waals surface area contributed by atoms with Gasteiger partial charge in [0.15, 0.2) is 16.6 Å². The number of para-hydroxylation sites is 1. The zero-order valence-electron chi connectivity index (χ0n) is 16.4. The lowest BCUT2D eigenvalue weighted by Gasteiger charge is -2.13. The fraction of sp³-hybridized carbons (Fsp3) is 0.273. The van der Waals surface area contributed by atoms with Crippen molar-refractivity contribution in [2.24, 2.45) is 5.92 Å². The first-order valence-electron chi connectivity index (χ1n) is 9.42. The number of ether oxygens (including phenoxy) is 1. The van der Waals surface area contributed by atoms with Gasteiger partial charge in [0.05, 0.1) is 7.11 Å². The molecule has 1 aliphatic heterocycles. The van der Waals surface area contributed by atoms with E-state index in [0.29, 0.717) is 36.7 Å². The molecule has 1 aliphatic carbocycles. The molecule has 0 bridgehead atoms. The van der Waals surface area contributed by atoms with E-state index in [2.05, 4.69) is 38.3 Å². The first-order chi connectivity index (χ1) is 14.5. The summed E-state index contributed by atoms with van der Waals surface area (Å²) in [6.07, 6.45) is 6.10. The largest absolute Gasteiger partial charge is 0.493 e. The molecule has 1 N–H and O–H groups in total. The lowest BCUT2D eigenvalue weighted by atomic mass is 9.99. The number of nitrogens with one attached hydrogen (secondary N) is 1. The third kappa shape index (κ3) is 4.84. The summed E-state index contributed by atoms with van der Waals surface area (Å²) in [5.74, 6) is 5.97. The molecular weight excluding hydrogens is 516 g/mol. The highest BCUT2D eigenvalue weighted by molar-refractivity contribution is 14.2. The van der Waals surface area contributed by atoms with Gasteiger partial charge in [0.2, 0.25) is 5.13 Å². The molecule has 8 heteroatoms. The van der Waals surface area contributed by atoms with Crippen LogP contribution in [0.1, 0.15) is 30.3 Å². The number of amides is 1. The molecular formula is C22H19FIN3O2S. The van der Waals surface area contributed by atoms with Crippen molar-refractivity contribution in [3.63, 3.8) is 0 Å². The van der Waals surface area contributed by atoms with Crippen molar-refractivity contribution in [2.75, 3.05) is 12.4 Å². The van der Waals surface area contributed by atoms with Crippen LogP contribution in [-0.2, 0) is 4.79 Å². The molecule has 30 heavy (non-hydrogen) atoms. The molecule has 2 heterocycles. The van der Waals surface area contributed by atoms with Gasteiger partial charge in [-0.1, -0.05) is 48.5 Å². The van der Waals surface area contributed by atoms with E-state index >= 15 is 0 Å². The number of allylic oxidation sites excluding steroid dienone is 2. The van der Waals surface area contributed by atoms with Gasteiger partial charge in [0.1, 0.15) is 0 Å². The minimum atomic E-state index is -0.460. The van der Waals surface area contributed by atoms with Crippen molar-refractivity contribution in [3.8, 4) is 17.6 Å². The first-order valence-corrected chi connectivity index (χ1v) is 12.7. The van der Waals surface area contributed by atoms with Gasteiger partial charge in [0, 0.05) is 26.6 Å². The maximum Gasteiger partial charge on any atom is 0.258 e. The van der Waals surface area contributed by atoms with E-state index in [1.54, 1.807) is 18.2 Å². The Morgan fingerprint density at radius 3 is 2.97 bits per heavy atom. The molecule has 1 fully saturated rings. The fourth-order valence-electron chi connectivity index (χ4n) is 2.79. The Bertz CT molecular complexity index is 1140. The van der Waals surface area contributed by atoms with E-state index in [-0.39, 0.29) is 32.4 Å². The highest BCUT2D eigenvalue weighted by Gasteiger charge is 2.21. The number of hydrogen-bond acceptors (Lipinski definition) is 5. The highest BCUT2D eigenvalue weighted by atomic mass is 127. The van der Waals surface area contributed by atoms with E-state index in [4.69, 9.17) is 4.74 Å². The number of halogens is 2. The zero-order chi connectivity index (χ0) is 21.1. The number of rotatable bonds is 4. The predicted octanol–water partition coefficient (Wildman–Crippen LogP) is 4.57. The summed E-state index contributed by atoms with van der Waals surface area (Å²) in [4.78, 5) is 13.1. The van der Waals surface area contributed by atoms with Gasteiger partial charge >= 0.3 is 0 Å². The number of nitrogens with zero attached hydrogens (tertiary/aromatic N) is 2. The quantitative estimate of drug-likeness (QED) is 0.354. The molecule has 154 valence electrons. The number of benzene rings is 1. The van der Waals surface area contributed by atoms with Crippen LogP contribution in [-0.4, -0.2) is 31.2 Å². The van der Waals surface area contributed by atoms with Crippen molar-refractivity contribution in [3.05, 3.63) is 52.3 Å². The first kappa shape index (κ1) is 20.9. The van der Waals surface area contributed by atoms with E-state index < -0.39 is 5.82 Å². The van der Waals surface area contributed by atoms with Gasteiger partial charge in [-0.15, -0.1) is 30.9 Å². The molecule has 2 aromatic rings. The summed E-state index contributed by atoms with van der Waals surface area (Å²) < 4.78 is 22.0. The predicted molar refractivity (Wildman–Crippen MR) is 127 cm³/mol. The highest BCUT2D eigenvalue weighted by Crippen LogP contribution is 2.34. The minimum absolute atomic E-state index is 0.134. The van der Waals surface area contributed by atoms with Crippen LogP contribution >= 0.6 is 32.1 Å².